The monoisotopic (exact) mass is 602 g/mol. The van der Waals surface area contributed by atoms with Crippen LogP contribution in [-0.4, -0.2) is 19.1 Å². The molecular weight excluding hydrogens is 573 g/mol. The van der Waals surface area contributed by atoms with Crippen molar-refractivity contribution in [3.05, 3.63) is 157 Å². The molecule has 0 bridgehead atoms. The van der Waals surface area contributed by atoms with Gasteiger partial charge >= 0.3 is 0 Å². The highest BCUT2D eigenvalue weighted by molar-refractivity contribution is 6.12. The molecule has 0 N–H and O–H groups in total. The van der Waals surface area contributed by atoms with Crippen LogP contribution in [0.15, 0.2) is 146 Å². The Bertz CT molecular complexity index is 2710. The van der Waals surface area contributed by atoms with Crippen LogP contribution in [0.3, 0.4) is 0 Å². The van der Waals surface area contributed by atoms with Gasteiger partial charge in [0.25, 0.3) is 0 Å². The van der Waals surface area contributed by atoms with Gasteiger partial charge < -0.3 is 4.57 Å². The van der Waals surface area contributed by atoms with Gasteiger partial charge in [-0.05, 0) is 81.9 Å². The molecule has 222 valence electrons. The number of para-hydroxylation sites is 2. The minimum absolute atomic E-state index is 0.0529. The van der Waals surface area contributed by atoms with Gasteiger partial charge in [-0.15, -0.1) is 0 Å². The number of rotatable bonds is 3. The van der Waals surface area contributed by atoms with E-state index in [9.17, 15) is 0 Å². The molecule has 6 aromatic carbocycles. The van der Waals surface area contributed by atoms with E-state index in [4.69, 9.17) is 0 Å². The van der Waals surface area contributed by atoms with E-state index in [1.165, 1.54) is 71.6 Å². The third-order valence-electron chi connectivity index (χ3n) is 10.3. The molecule has 3 heterocycles. The molecule has 0 amide bonds. The average molecular weight is 603 g/mol. The highest BCUT2D eigenvalue weighted by atomic mass is 15.1. The maximum absolute atomic E-state index is 4.63. The fourth-order valence-corrected chi connectivity index (χ4v) is 8.07. The first-order chi connectivity index (χ1) is 23.1. The average Bonchev–Trinajstić information content (AvgIpc) is 3.71. The molecule has 1 aliphatic carbocycles. The lowest BCUT2D eigenvalue weighted by Gasteiger charge is -2.22. The van der Waals surface area contributed by atoms with Gasteiger partial charge in [-0.3, -0.25) is 9.55 Å². The molecule has 0 fully saturated rings. The zero-order valence-corrected chi connectivity index (χ0v) is 26.1. The number of hydrogen-bond acceptors (Lipinski definition) is 2. The van der Waals surface area contributed by atoms with Gasteiger partial charge in [-0.2, -0.15) is 0 Å². The van der Waals surface area contributed by atoms with E-state index in [0.717, 1.165) is 16.9 Å². The van der Waals surface area contributed by atoms with Gasteiger partial charge in [0.05, 0.1) is 28.3 Å². The Labute approximate surface area is 272 Å². The molecule has 0 aliphatic heterocycles. The normalized spacial score (nSPS) is 13.5. The van der Waals surface area contributed by atoms with E-state index in [-0.39, 0.29) is 5.41 Å². The Kier molecular flexibility index (Phi) is 5.31. The smallest absolute Gasteiger partial charge is 0.156 e. The largest absolute Gasteiger partial charge is 0.309 e. The third-order valence-corrected chi connectivity index (χ3v) is 10.3. The third kappa shape index (κ3) is 3.64. The van der Waals surface area contributed by atoms with E-state index in [0.29, 0.717) is 0 Å². The lowest BCUT2D eigenvalue weighted by molar-refractivity contribution is 0.660. The number of aromatic nitrogens is 4. The summed E-state index contributed by atoms with van der Waals surface area (Å²) in [5.41, 5.74) is 13.7. The zero-order valence-electron chi connectivity index (χ0n) is 26.1. The van der Waals surface area contributed by atoms with Crippen molar-refractivity contribution in [2.24, 2.45) is 0 Å². The maximum Gasteiger partial charge on any atom is 0.156 e. The molecule has 4 nitrogen and oxygen atoms in total. The zero-order chi connectivity index (χ0) is 31.3. The first kappa shape index (κ1) is 26.2. The van der Waals surface area contributed by atoms with Crippen molar-refractivity contribution in [1.29, 1.82) is 0 Å². The van der Waals surface area contributed by atoms with Crippen LogP contribution in [0.2, 0.25) is 0 Å². The second-order valence-corrected chi connectivity index (χ2v) is 13.1. The van der Waals surface area contributed by atoms with Gasteiger partial charge in [-0.1, -0.05) is 92.7 Å². The van der Waals surface area contributed by atoms with Crippen molar-refractivity contribution in [2.45, 2.75) is 19.3 Å². The molecule has 3 aromatic heterocycles. The fourth-order valence-electron chi connectivity index (χ4n) is 8.07. The Morgan fingerprint density at radius 1 is 0.489 bits per heavy atom. The number of nitrogens with zero attached hydrogens (tertiary/aromatic N) is 4. The van der Waals surface area contributed by atoms with Gasteiger partial charge in [0.1, 0.15) is 0 Å². The van der Waals surface area contributed by atoms with Crippen molar-refractivity contribution in [3.63, 3.8) is 0 Å². The topological polar surface area (TPSA) is 35.6 Å². The highest BCUT2D eigenvalue weighted by Gasteiger charge is 2.35. The van der Waals surface area contributed by atoms with Crippen molar-refractivity contribution < 1.29 is 0 Å². The Morgan fingerprint density at radius 3 is 1.79 bits per heavy atom. The van der Waals surface area contributed by atoms with Crippen LogP contribution >= 0.6 is 0 Å². The van der Waals surface area contributed by atoms with Gasteiger partial charge in [0.15, 0.2) is 5.82 Å². The Morgan fingerprint density at radius 2 is 1.09 bits per heavy atom. The standard InChI is InChI=1S/C43H30N4/c1-43(2)36-12-6-3-9-30(36)31-18-17-29(25-37(31)43)46-38-13-7-4-10-32(38)34-23-27(15-19-40(34)46)28-16-20-41-35(24-28)33-11-5-8-14-39(33)47(41)42-26-44-21-22-45-42/h3-26H,1-2H3. The summed E-state index contributed by atoms with van der Waals surface area (Å²) in [6, 6.07) is 46.9. The predicted octanol–water partition coefficient (Wildman–Crippen LogP) is 10.6. The summed E-state index contributed by atoms with van der Waals surface area (Å²) in [7, 11) is 0. The Balaban J connectivity index is 1.15. The second kappa shape index (κ2) is 9.51. The first-order valence-electron chi connectivity index (χ1n) is 16.2. The second-order valence-electron chi connectivity index (χ2n) is 13.1. The molecule has 4 heteroatoms. The summed E-state index contributed by atoms with van der Waals surface area (Å²) in [5.74, 6) is 0.819. The summed E-state index contributed by atoms with van der Waals surface area (Å²) in [6.07, 6.45) is 5.29. The van der Waals surface area contributed by atoms with E-state index >= 15 is 0 Å². The van der Waals surface area contributed by atoms with Crippen LogP contribution in [0.25, 0.3) is 77.4 Å². The SMILES string of the molecule is CC1(C)c2ccccc2-c2ccc(-n3c4ccccc4c4cc(-c5ccc6c(c5)c5ccccc5n6-c5cnccn5)ccc43)cc21. The lowest BCUT2D eigenvalue weighted by atomic mass is 9.82. The molecule has 0 unspecified atom stereocenters. The van der Waals surface area contributed by atoms with Gasteiger partial charge in [0.2, 0.25) is 0 Å². The predicted molar refractivity (Wildman–Crippen MR) is 194 cm³/mol. The van der Waals surface area contributed by atoms with E-state index < -0.39 is 0 Å². The molecule has 0 spiro atoms. The summed E-state index contributed by atoms with van der Waals surface area (Å²) in [5, 5.41) is 4.92. The summed E-state index contributed by atoms with van der Waals surface area (Å²) < 4.78 is 4.64. The van der Waals surface area contributed by atoms with Crippen molar-refractivity contribution in [1.82, 2.24) is 19.1 Å². The van der Waals surface area contributed by atoms with Crippen LogP contribution in [0, 0.1) is 0 Å². The van der Waals surface area contributed by atoms with E-state index in [2.05, 4.69) is 160 Å². The number of fused-ring (bicyclic) bond motifs is 9. The van der Waals surface area contributed by atoms with Crippen LogP contribution in [0.4, 0.5) is 0 Å². The van der Waals surface area contributed by atoms with E-state index in [1.807, 2.05) is 6.20 Å². The molecular formula is C43H30N4. The quantitative estimate of drug-likeness (QED) is 0.202. The van der Waals surface area contributed by atoms with Crippen molar-refractivity contribution >= 4 is 43.6 Å². The van der Waals surface area contributed by atoms with Crippen LogP contribution < -0.4 is 0 Å². The lowest BCUT2D eigenvalue weighted by Crippen LogP contribution is -2.15. The van der Waals surface area contributed by atoms with Crippen molar-refractivity contribution in [2.75, 3.05) is 0 Å². The van der Waals surface area contributed by atoms with Crippen LogP contribution in [0.1, 0.15) is 25.0 Å². The molecule has 1 aliphatic rings. The first-order valence-corrected chi connectivity index (χ1v) is 16.2. The molecule has 9 aromatic rings. The minimum atomic E-state index is -0.0529. The summed E-state index contributed by atoms with van der Waals surface area (Å²) in [4.78, 5) is 8.97. The molecule has 0 atom stereocenters. The molecule has 0 saturated heterocycles. The molecule has 0 saturated carbocycles. The maximum atomic E-state index is 4.63. The highest BCUT2D eigenvalue weighted by Crippen LogP contribution is 2.49. The van der Waals surface area contributed by atoms with Crippen LogP contribution in [-0.2, 0) is 5.41 Å². The van der Waals surface area contributed by atoms with E-state index in [1.54, 1.807) is 12.4 Å². The van der Waals surface area contributed by atoms with Crippen molar-refractivity contribution in [3.8, 4) is 33.8 Å². The van der Waals surface area contributed by atoms with Gasteiger partial charge in [0, 0.05) is 45.0 Å². The molecule has 10 rings (SSSR count). The molecule has 0 radical (unpaired) electrons. The van der Waals surface area contributed by atoms with Crippen LogP contribution in [0.5, 0.6) is 0 Å². The summed E-state index contributed by atoms with van der Waals surface area (Å²) in [6.45, 7) is 4.70. The fraction of sp³-hybridized carbons (Fsp3) is 0.0698. The number of hydrogen-bond donors (Lipinski definition) is 0. The number of benzene rings is 6. The minimum Gasteiger partial charge on any atom is -0.309 e. The summed E-state index contributed by atoms with van der Waals surface area (Å²) >= 11 is 0. The Hall–Kier alpha value is -6.00. The van der Waals surface area contributed by atoms with Gasteiger partial charge in [-0.25, -0.2) is 4.98 Å². The molecule has 47 heavy (non-hydrogen) atoms.